The van der Waals surface area contributed by atoms with Crippen molar-refractivity contribution in [2.75, 3.05) is 13.1 Å². The highest BCUT2D eigenvalue weighted by atomic mass is 16.3. The van der Waals surface area contributed by atoms with E-state index in [2.05, 4.69) is 18.8 Å². The molecule has 0 unspecified atom stereocenters. The number of imidazole rings is 1. The summed E-state index contributed by atoms with van der Waals surface area (Å²) in [7, 11) is 0. The summed E-state index contributed by atoms with van der Waals surface area (Å²) >= 11 is 0. The standard InChI is InChI=1S/C22H25N3O3/c1-14(2)15-7-8-20(26)17(13-15)21(27)24-11-9-16(10-12-24)25-19-6-4-3-5-18(19)23-22(25)28/h3-8,13-14,16,26H,9-12H2,1-2H3,(H,23,28). The number of H-pyrrole nitrogens is 1. The van der Waals surface area contributed by atoms with Gasteiger partial charge in [0.25, 0.3) is 5.91 Å². The number of likely N-dealkylation sites (tertiary alicyclic amines) is 1. The number of aromatic amines is 1. The highest BCUT2D eigenvalue weighted by Gasteiger charge is 2.28. The number of phenols is 1. The Labute approximate surface area is 163 Å². The third-order valence-corrected chi connectivity index (χ3v) is 5.66. The van der Waals surface area contributed by atoms with E-state index in [1.54, 1.807) is 17.0 Å². The summed E-state index contributed by atoms with van der Waals surface area (Å²) in [6.07, 6.45) is 1.41. The van der Waals surface area contributed by atoms with Gasteiger partial charge in [0.15, 0.2) is 0 Å². The number of nitrogens with zero attached hydrogens (tertiary/aromatic N) is 2. The number of phenolic OH excluding ortho intramolecular Hbond substituents is 1. The van der Waals surface area contributed by atoms with Crippen molar-refractivity contribution in [2.45, 2.75) is 38.6 Å². The first-order valence-electron chi connectivity index (χ1n) is 9.77. The van der Waals surface area contributed by atoms with Crippen LogP contribution in [0.4, 0.5) is 0 Å². The van der Waals surface area contributed by atoms with E-state index in [0.29, 0.717) is 31.5 Å². The Bertz CT molecular complexity index is 1070. The van der Waals surface area contributed by atoms with Gasteiger partial charge in [-0.3, -0.25) is 9.36 Å². The van der Waals surface area contributed by atoms with Crippen LogP contribution >= 0.6 is 0 Å². The van der Waals surface area contributed by atoms with Crippen LogP contribution in [0.2, 0.25) is 0 Å². The molecule has 1 aromatic heterocycles. The maximum absolute atomic E-state index is 13.0. The summed E-state index contributed by atoms with van der Waals surface area (Å²) in [6.45, 7) is 5.23. The van der Waals surface area contributed by atoms with Gasteiger partial charge in [0.05, 0.1) is 16.6 Å². The lowest BCUT2D eigenvalue weighted by Gasteiger charge is -2.32. The van der Waals surface area contributed by atoms with Crippen LogP contribution in [0.25, 0.3) is 11.0 Å². The number of nitrogens with one attached hydrogen (secondary N) is 1. The van der Waals surface area contributed by atoms with Crippen molar-refractivity contribution < 1.29 is 9.90 Å². The number of benzene rings is 2. The predicted octanol–water partition coefficient (Wildman–Crippen LogP) is 3.64. The highest BCUT2D eigenvalue weighted by Crippen LogP contribution is 2.28. The van der Waals surface area contributed by atoms with E-state index in [1.807, 2.05) is 34.9 Å². The first-order chi connectivity index (χ1) is 13.5. The first-order valence-corrected chi connectivity index (χ1v) is 9.77. The van der Waals surface area contributed by atoms with Gasteiger partial charge in [-0.1, -0.05) is 32.0 Å². The van der Waals surface area contributed by atoms with E-state index < -0.39 is 0 Å². The fourth-order valence-corrected chi connectivity index (χ4v) is 4.02. The predicted molar refractivity (Wildman–Crippen MR) is 109 cm³/mol. The second kappa shape index (κ2) is 7.19. The monoisotopic (exact) mass is 379 g/mol. The van der Waals surface area contributed by atoms with E-state index in [1.165, 1.54) is 0 Å². The van der Waals surface area contributed by atoms with Gasteiger partial charge in [-0.05, 0) is 48.6 Å². The van der Waals surface area contributed by atoms with Crippen LogP contribution in [-0.2, 0) is 0 Å². The fourth-order valence-electron chi connectivity index (χ4n) is 4.02. The number of carbonyl (C=O) groups is 1. The van der Waals surface area contributed by atoms with E-state index in [-0.39, 0.29) is 29.3 Å². The molecule has 0 radical (unpaired) electrons. The van der Waals surface area contributed by atoms with Crippen LogP contribution in [0.1, 0.15) is 54.6 Å². The second-order valence-electron chi connectivity index (χ2n) is 7.77. The Morgan fingerprint density at radius 3 is 2.57 bits per heavy atom. The van der Waals surface area contributed by atoms with Gasteiger partial charge in [0.1, 0.15) is 5.75 Å². The Morgan fingerprint density at radius 2 is 1.86 bits per heavy atom. The van der Waals surface area contributed by atoms with Crippen LogP contribution in [0, 0.1) is 0 Å². The Kier molecular flexibility index (Phi) is 4.71. The third-order valence-electron chi connectivity index (χ3n) is 5.66. The average Bonchev–Trinajstić information content (AvgIpc) is 3.03. The molecule has 146 valence electrons. The molecule has 1 amide bonds. The van der Waals surface area contributed by atoms with E-state index >= 15 is 0 Å². The number of hydrogen-bond donors (Lipinski definition) is 2. The minimum Gasteiger partial charge on any atom is -0.507 e. The van der Waals surface area contributed by atoms with Crippen LogP contribution in [0.5, 0.6) is 5.75 Å². The molecule has 1 saturated heterocycles. The molecule has 0 aliphatic carbocycles. The lowest BCUT2D eigenvalue weighted by Crippen LogP contribution is -2.40. The van der Waals surface area contributed by atoms with Crippen molar-refractivity contribution >= 4 is 16.9 Å². The van der Waals surface area contributed by atoms with Crippen molar-refractivity contribution in [2.24, 2.45) is 0 Å². The Balaban J connectivity index is 1.53. The third kappa shape index (κ3) is 3.19. The number of hydrogen-bond acceptors (Lipinski definition) is 3. The van der Waals surface area contributed by atoms with Gasteiger partial charge >= 0.3 is 5.69 Å². The normalized spacial score (nSPS) is 15.5. The Hall–Kier alpha value is -3.02. The van der Waals surface area contributed by atoms with Crippen LogP contribution in [0.3, 0.4) is 0 Å². The minimum atomic E-state index is -0.148. The number of amides is 1. The van der Waals surface area contributed by atoms with Gasteiger partial charge in [0.2, 0.25) is 0 Å². The van der Waals surface area contributed by atoms with Gasteiger partial charge in [-0.15, -0.1) is 0 Å². The molecule has 28 heavy (non-hydrogen) atoms. The first kappa shape index (κ1) is 18.3. The zero-order valence-corrected chi connectivity index (χ0v) is 16.2. The number of rotatable bonds is 3. The summed E-state index contributed by atoms with van der Waals surface area (Å²) in [5, 5.41) is 10.2. The molecule has 6 heteroatoms. The topological polar surface area (TPSA) is 78.3 Å². The smallest absolute Gasteiger partial charge is 0.326 e. The number of aromatic nitrogens is 2. The SMILES string of the molecule is CC(C)c1ccc(O)c(C(=O)N2CCC(n3c(=O)[nH]c4ccccc43)CC2)c1. The molecule has 3 aromatic rings. The lowest BCUT2D eigenvalue weighted by molar-refractivity contribution is 0.0692. The summed E-state index contributed by atoms with van der Waals surface area (Å²) < 4.78 is 1.81. The molecule has 0 spiro atoms. The zero-order chi connectivity index (χ0) is 19.8. The Morgan fingerprint density at radius 1 is 1.14 bits per heavy atom. The van der Waals surface area contributed by atoms with Crippen molar-refractivity contribution in [3.8, 4) is 5.75 Å². The molecule has 1 fully saturated rings. The molecule has 2 aromatic carbocycles. The van der Waals surface area contributed by atoms with Crippen molar-refractivity contribution in [1.29, 1.82) is 0 Å². The number of para-hydroxylation sites is 2. The van der Waals surface area contributed by atoms with Gasteiger partial charge < -0.3 is 15.0 Å². The molecule has 4 rings (SSSR count). The molecule has 6 nitrogen and oxygen atoms in total. The molecular formula is C22H25N3O3. The summed E-state index contributed by atoms with van der Waals surface area (Å²) in [5.74, 6) is 0.153. The van der Waals surface area contributed by atoms with Gasteiger partial charge in [-0.25, -0.2) is 4.79 Å². The summed E-state index contributed by atoms with van der Waals surface area (Å²) in [6, 6.07) is 13.0. The fraction of sp³-hybridized carbons (Fsp3) is 0.364. The van der Waals surface area contributed by atoms with E-state index in [4.69, 9.17) is 0 Å². The van der Waals surface area contributed by atoms with Crippen molar-refractivity contribution in [1.82, 2.24) is 14.5 Å². The maximum atomic E-state index is 13.0. The number of aromatic hydroxyl groups is 1. The van der Waals surface area contributed by atoms with E-state index in [9.17, 15) is 14.7 Å². The zero-order valence-electron chi connectivity index (χ0n) is 16.2. The van der Waals surface area contributed by atoms with Crippen molar-refractivity contribution in [3.63, 3.8) is 0 Å². The molecule has 0 bridgehead atoms. The molecule has 1 aliphatic rings. The minimum absolute atomic E-state index is 0.0179. The van der Waals surface area contributed by atoms with Gasteiger partial charge in [-0.2, -0.15) is 0 Å². The molecule has 2 heterocycles. The maximum Gasteiger partial charge on any atom is 0.326 e. The summed E-state index contributed by atoms with van der Waals surface area (Å²) in [5.41, 5.74) is 3.02. The number of fused-ring (bicyclic) bond motifs is 1. The summed E-state index contributed by atoms with van der Waals surface area (Å²) in [4.78, 5) is 30.0. The van der Waals surface area contributed by atoms with E-state index in [0.717, 1.165) is 16.6 Å². The van der Waals surface area contributed by atoms with Gasteiger partial charge in [0, 0.05) is 19.1 Å². The van der Waals surface area contributed by atoms with Crippen LogP contribution < -0.4 is 5.69 Å². The van der Waals surface area contributed by atoms with Crippen molar-refractivity contribution in [3.05, 3.63) is 64.1 Å². The lowest BCUT2D eigenvalue weighted by atomic mass is 9.98. The second-order valence-corrected chi connectivity index (χ2v) is 7.77. The van der Waals surface area contributed by atoms with Crippen LogP contribution in [0.15, 0.2) is 47.3 Å². The largest absolute Gasteiger partial charge is 0.507 e. The number of piperidine rings is 1. The molecule has 0 saturated carbocycles. The number of carbonyl (C=O) groups excluding carboxylic acids is 1. The molecule has 1 aliphatic heterocycles. The molecule has 2 N–H and O–H groups in total. The highest BCUT2D eigenvalue weighted by molar-refractivity contribution is 5.97. The van der Waals surface area contributed by atoms with Crippen LogP contribution in [-0.4, -0.2) is 38.6 Å². The average molecular weight is 379 g/mol. The molecular weight excluding hydrogens is 354 g/mol. The molecule has 0 atom stereocenters. The quantitative estimate of drug-likeness (QED) is 0.729.